The van der Waals surface area contributed by atoms with Crippen LogP contribution in [-0.2, 0) is 97.4 Å². The fraction of sp³-hybridized carbons (Fsp3) is 0.411. The SMILES string of the molecule is CC[C@@]1(O)C(=O)OCc2c1cc1n(c2=O)Cc2c-1nc1cc(F)c3c(c1c2CNC(=O)[C@@H](C)OCNC(=O)CNC(=O)[C@H](Cc1ccccc1)NC(=O)CNC(=O)CNC(=O)C1(CCC#Cc2cnc(S(C)(=O)=O)nc2)CC1)CCC3. The largest absolute Gasteiger partial charge is 0.458 e. The maximum atomic E-state index is 15.5. The van der Waals surface area contributed by atoms with E-state index in [-0.39, 0.29) is 54.7 Å². The molecule has 0 radical (unpaired) electrons. The molecule has 23 nitrogen and oxygen atoms in total. The number of pyridine rings is 2. The molecule has 1 saturated carbocycles. The van der Waals surface area contributed by atoms with Gasteiger partial charge in [0.2, 0.25) is 50.4 Å². The number of aromatic nitrogens is 4. The van der Waals surface area contributed by atoms with Crippen molar-refractivity contribution in [1.82, 2.24) is 51.4 Å². The highest BCUT2D eigenvalue weighted by molar-refractivity contribution is 7.90. The molecule has 25 heteroatoms. The number of esters is 1. The minimum Gasteiger partial charge on any atom is -0.458 e. The lowest BCUT2D eigenvalue weighted by molar-refractivity contribution is -0.172. The highest BCUT2D eigenvalue weighted by Crippen LogP contribution is 2.50. The van der Waals surface area contributed by atoms with E-state index in [4.69, 9.17) is 14.5 Å². The van der Waals surface area contributed by atoms with Gasteiger partial charge in [-0.25, -0.2) is 32.6 Å². The van der Waals surface area contributed by atoms with Crippen LogP contribution in [0.3, 0.4) is 0 Å². The van der Waals surface area contributed by atoms with Crippen LogP contribution in [0.15, 0.2) is 64.8 Å². The molecule has 2 aliphatic carbocycles. The third-order valence-electron chi connectivity index (χ3n) is 15.0. The Hall–Kier alpha value is -8.47. The molecule has 9 rings (SSSR count). The zero-order chi connectivity index (χ0) is 57.8. The highest BCUT2D eigenvalue weighted by atomic mass is 32.2. The fourth-order valence-electron chi connectivity index (χ4n) is 10.3. The molecule has 0 bridgehead atoms. The van der Waals surface area contributed by atoms with Crippen LogP contribution < -0.4 is 37.5 Å². The van der Waals surface area contributed by atoms with E-state index in [0.29, 0.717) is 95.1 Å². The number of halogens is 1. The number of aliphatic hydroxyl groups is 1. The van der Waals surface area contributed by atoms with Crippen molar-refractivity contribution in [3.8, 4) is 23.2 Å². The summed E-state index contributed by atoms with van der Waals surface area (Å²) in [5.74, 6) is 0.814. The van der Waals surface area contributed by atoms with E-state index in [1.165, 1.54) is 30.0 Å². The van der Waals surface area contributed by atoms with Crippen molar-refractivity contribution in [1.29, 1.82) is 0 Å². The number of rotatable bonds is 21. The molecule has 5 aromatic rings. The van der Waals surface area contributed by atoms with Crippen LogP contribution in [0.5, 0.6) is 0 Å². The van der Waals surface area contributed by atoms with Crippen LogP contribution >= 0.6 is 0 Å². The van der Waals surface area contributed by atoms with Crippen molar-refractivity contribution in [3.63, 3.8) is 0 Å². The Labute approximate surface area is 463 Å². The van der Waals surface area contributed by atoms with Gasteiger partial charge in [0.1, 0.15) is 31.3 Å². The molecule has 2 aliphatic heterocycles. The van der Waals surface area contributed by atoms with E-state index >= 15 is 4.39 Å². The first kappa shape index (κ1) is 57.2. The topological polar surface area (TPSA) is 325 Å². The van der Waals surface area contributed by atoms with E-state index < -0.39 is 106 Å². The number of hydrogen-bond acceptors (Lipinski definition) is 16. The molecule has 0 unspecified atom stereocenters. The molecule has 3 aromatic heterocycles. The zero-order valence-electron chi connectivity index (χ0n) is 44.6. The maximum absolute atomic E-state index is 15.5. The average Bonchev–Trinajstić information content (AvgIpc) is 4.18. The summed E-state index contributed by atoms with van der Waals surface area (Å²) in [7, 11) is -3.55. The summed E-state index contributed by atoms with van der Waals surface area (Å²) in [6, 6.07) is 10.5. The number of fused-ring (bicyclic) bond motifs is 7. The molecule has 4 aliphatic rings. The van der Waals surface area contributed by atoms with E-state index in [9.17, 15) is 51.9 Å². The second-order valence-corrected chi connectivity index (χ2v) is 22.4. The minimum atomic E-state index is -3.55. The van der Waals surface area contributed by atoms with E-state index in [1.54, 1.807) is 43.3 Å². The van der Waals surface area contributed by atoms with Gasteiger partial charge in [-0.2, -0.15) is 0 Å². The lowest BCUT2D eigenvalue weighted by Crippen LogP contribution is -2.52. The van der Waals surface area contributed by atoms with Gasteiger partial charge in [-0.15, -0.1) is 0 Å². The molecule has 1 fully saturated rings. The number of nitrogens with one attached hydrogen (secondary N) is 6. The number of aryl methyl sites for hydroxylation is 1. The van der Waals surface area contributed by atoms with Gasteiger partial charge in [0.05, 0.1) is 59.6 Å². The van der Waals surface area contributed by atoms with Gasteiger partial charge < -0.3 is 51.0 Å². The predicted octanol–water partition coefficient (Wildman–Crippen LogP) is 0.684. The number of benzene rings is 2. The van der Waals surface area contributed by atoms with E-state index in [0.717, 1.165) is 11.8 Å². The summed E-state index contributed by atoms with van der Waals surface area (Å²) in [4.78, 5) is 118. The summed E-state index contributed by atoms with van der Waals surface area (Å²) in [5, 5.41) is 27.2. The number of ether oxygens (including phenoxy) is 2. The molecule has 0 saturated heterocycles. The van der Waals surface area contributed by atoms with Crippen LogP contribution in [-0.4, -0.2) is 119 Å². The van der Waals surface area contributed by atoms with Crippen molar-refractivity contribution in [3.05, 3.63) is 116 Å². The molecule has 0 spiro atoms. The first-order valence-electron chi connectivity index (χ1n) is 26.4. The Kier molecular flexibility index (Phi) is 16.7. The third-order valence-corrected chi connectivity index (χ3v) is 15.9. The summed E-state index contributed by atoms with van der Waals surface area (Å²) in [5.41, 5.74) is 1.65. The Balaban J connectivity index is 0.747. The number of hydrogen-bond donors (Lipinski definition) is 7. The molecule has 3 atom stereocenters. The standard InChI is InChI=1S/C56H59FN10O13S/c1-4-56(76)39-20-43-48-37(28-67(43)51(73)38(39)29-79-53(56)75)36(47-35-15-10-14-34(35)40(57)21-41(47)66-48)24-59-49(71)31(2)80-30-64-45(69)25-60-50(72)42(19-32-11-6-5-7-12-32)65-46(70)27-58-44(68)26-61-52(74)55(17-18-55)16-9-8-13-33-22-62-54(63-23-33)81(3,77)78/h5-7,11-12,20-23,31,42,76H,4,9-10,14-19,24-30H2,1-3H3,(H,58,68)(H,59,71)(H,60,72)(H,61,74)(H,64,69)(H,65,70)/t31-,42+,56+/m1/s1. The molecular weight excluding hydrogens is 1070 g/mol. The number of amides is 6. The minimum absolute atomic E-state index is 0.0289. The summed E-state index contributed by atoms with van der Waals surface area (Å²) in [6.07, 6.45) is 6.21. The smallest absolute Gasteiger partial charge is 0.343 e. The molecule has 81 heavy (non-hydrogen) atoms. The monoisotopic (exact) mass is 1130 g/mol. The van der Waals surface area contributed by atoms with Crippen LogP contribution in [0.2, 0.25) is 0 Å². The van der Waals surface area contributed by atoms with Crippen LogP contribution in [0.1, 0.15) is 96.9 Å². The third kappa shape index (κ3) is 12.5. The Bertz CT molecular complexity index is 3640. The Morgan fingerprint density at radius 1 is 0.889 bits per heavy atom. The van der Waals surface area contributed by atoms with Gasteiger partial charge >= 0.3 is 5.97 Å². The van der Waals surface area contributed by atoms with E-state index in [2.05, 4.69) is 53.7 Å². The number of carbonyl (C=O) groups excluding carboxylic acids is 7. The summed E-state index contributed by atoms with van der Waals surface area (Å²) in [6.45, 7) is 0.798. The normalized spacial score (nSPS) is 16.9. The number of sulfone groups is 1. The van der Waals surface area contributed by atoms with Gasteiger partial charge in [0.25, 0.3) is 5.56 Å². The second-order valence-electron chi connectivity index (χ2n) is 20.5. The van der Waals surface area contributed by atoms with Crippen molar-refractivity contribution in [2.24, 2.45) is 5.41 Å². The number of carbonyl (C=O) groups is 7. The molecule has 7 N–H and O–H groups in total. The molecule has 2 aromatic carbocycles. The van der Waals surface area contributed by atoms with Gasteiger partial charge in [0, 0.05) is 60.6 Å². The quantitative estimate of drug-likeness (QED) is 0.0226. The Morgan fingerprint density at radius 2 is 1.59 bits per heavy atom. The predicted molar refractivity (Wildman–Crippen MR) is 286 cm³/mol. The fourth-order valence-corrected chi connectivity index (χ4v) is 10.8. The first-order chi connectivity index (χ1) is 38.7. The van der Waals surface area contributed by atoms with Crippen LogP contribution in [0.4, 0.5) is 4.39 Å². The second kappa shape index (κ2) is 23.7. The highest BCUT2D eigenvalue weighted by Gasteiger charge is 2.49. The average molecular weight is 1130 g/mol. The molecule has 6 amide bonds. The van der Waals surface area contributed by atoms with Crippen molar-refractivity contribution in [2.45, 2.75) is 114 Å². The lowest BCUT2D eigenvalue weighted by atomic mass is 9.86. The lowest BCUT2D eigenvalue weighted by Gasteiger charge is -2.31. The zero-order valence-corrected chi connectivity index (χ0v) is 45.4. The van der Waals surface area contributed by atoms with Gasteiger partial charge in [-0.05, 0) is 80.2 Å². The van der Waals surface area contributed by atoms with Gasteiger partial charge in [-0.1, -0.05) is 49.1 Å². The van der Waals surface area contributed by atoms with Gasteiger partial charge in [0.15, 0.2) is 5.60 Å². The van der Waals surface area contributed by atoms with Crippen molar-refractivity contribution < 1.29 is 61.0 Å². The van der Waals surface area contributed by atoms with Crippen LogP contribution in [0, 0.1) is 23.1 Å². The van der Waals surface area contributed by atoms with Crippen LogP contribution in [0.25, 0.3) is 22.3 Å². The van der Waals surface area contributed by atoms with Crippen molar-refractivity contribution in [2.75, 3.05) is 32.6 Å². The van der Waals surface area contributed by atoms with Gasteiger partial charge in [-0.3, -0.25) is 33.6 Å². The molecule has 424 valence electrons. The van der Waals surface area contributed by atoms with Crippen molar-refractivity contribution >= 4 is 62.2 Å². The summed E-state index contributed by atoms with van der Waals surface area (Å²) < 4.78 is 51.1. The Morgan fingerprint density at radius 3 is 2.31 bits per heavy atom. The number of nitrogens with zero attached hydrogens (tertiary/aromatic N) is 4. The molecule has 5 heterocycles. The summed E-state index contributed by atoms with van der Waals surface area (Å²) >= 11 is 0. The van der Waals surface area contributed by atoms with E-state index in [1.807, 2.05) is 0 Å². The molecular formula is C56H59FN10O13S. The number of cyclic esters (lactones) is 1. The maximum Gasteiger partial charge on any atom is 0.343 e. The first-order valence-corrected chi connectivity index (χ1v) is 28.2.